The number of rotatable bonds is 4. The molecule has 4 unspecified atom stereocenters. The molecule has 0 aromatic rings. The highest BCUT2D eigenvalue weighted by Gasteiger charge is 2.59. The predicted octanol–water partition coefficient (Wildman–Crippen LogP) is 2.35. The molecular weight excluding hydrogens is 405 g/mol. The summed E-state index contributed by atoms with van der Waals surface area (Å²) in [6.07, 6.45) is 2.80. The molecule has 6 heteroatoms. The van der Waals surface area contributed by atoms with E-state index in [9.17, 15) is 0 Å². The second-order valence-electron chi connectivity index (χ2n) is 7.49. The van der Waals surface area contributed by atoms with E-state index in [1.807, 2.05) is 7.05 Å². The molecule has 0 aromatic heterocycles. The standard InChI is InChI=1S/C17H31N3O2.HI/c1-5-21-11-12-6-8-20(10-12)16(18-4)19-14-13-7-9-22-15(13)17(14,2)3;/h12-15H,5-11H2,1-4H3,(H,18,19);1H. The molecule has 1 aliphatic carbocycles. The van der Waals surface area contributed by atoms with Gasteiger partial charge in [0.1, 0.15) is 0 Å². The van der Waals surface area contributed by atoms with Crippen LogP contribution in [0, 0.1) is 17.3 Å². The van der Waals surface area contributed by atoms with Crippen molar-refractivity contribution in [1.29, 1.82) is 0 Å². The summed E-state index contributed by atoms with van der Waals surface area (Å²) in [7, 11) is 1.90. The molecule has 3 aliphatic rings. The van der Waals surface area contributed by atoms with Gasteiger partial charge in [-0.05, 0) is 19.8 Å². The minimum absolute atomic E-state index is 0. The van der Waals surface area contributed by atoms with Crippen LogP contribution in [0.3, 0.4) is 0 Å². The monoisotopic (exact) mass is 437 g/mol. The van der Waals surface area contributed by atoms with Crippen LogP contribution in [-0.4, -0.2) is 63.0 Å². The van der Waals surface area contributed by atoms with Crippen LogP contribution in [0.15, 0.2) is 4.99 Å². The number of nitrogens with zero attached hydrogens (tertiary/aromatic N) is 2. The van der Waals surface area contributed by atoms with Gasteiger partial charge in [-0.15, -0.1) is 24.0 Å². The van der Waals surface area contributed by atoms with Crippen LogP contribution >= 0.6 is 24.0 Å². The Morgan fingerprint density at radius 1 is 1.39 bits per heavy atom. The SMILES string of the molecule is CCOCC1CCN(C(=NC)NC2C3CCOC3C2(C)C)C1.I. The van der Waals surface area contributed by atoms with Crippen LogP contribution in [0.1, 0.15) is 33.6 Å². The molecule has 4 atom stereocenters. The molecule has 23 heavy (non-hydrogen) atoms. The average Bonchev–Trinajstić information content (AvgIpc) is 3.14. The highest BCUT2D eigenvalue weighted by molar-refractivity contribution is 14.0. The Morgan fingerprint density at radius 3 is 2.87 bits per heavy atom. The maximum absolute atomic E-state index is 5.89. The number of nitrogens with one attached hydrogen (secondary N) is 1. The lowest BCUT2D eigenvalue weighted by molar-refractivity contribution is -0.107. The van der Waals surface area contributed by atoms with Crippen molar-refractivity contribution in [2.24, 2.45) is 22.2 Å². The average molecular weight is 437 g/mol. The number of aliphatic imine (C=N–C) groups is 1. The first-order chi connectivity index (χ1) is 10.6. The van der Waals surface area contributed by atoms with Gasteiger partial charge < -0.3 is 19.7 Å². The molecule has 0 radical (unpaired) electrons. The molecule has 2 saturated heterocycles. The molecule has 3 rings (SSSR count). The lowest BCUT2D eigenvalue weighted by Gasteiger charge is -2.55. The zero-order valence-electron chi connectivity index (χ0n) is 14.9. The van der Waals surface area contributed by atoms with Crippen LogP contribution in [0.5, 0.6) is 0 Å². The first kappa shape index (κ1) is 19.2. The molecule has 0 amide bonds. The predicted molar refractivity (Wildman–Crippen MR) is 103 cm³/mol. The van der Waals surface area contributed by atoms with E-state index < -0.39 is 0 Å². The number of fused-ring (bicyclic) bond motifs is 1. The van der Waals surface area contributed by atoms with Crippen LogP contribution in [0.4, 0.5) is 0 Å². The second kappa shape index (κ2) is 7.87. The van der Waals surface area contributed by atoms with Gasteiger partial charge >= 0.3 is 0 Å². The van der Waals surface area contributed by atoms with Crippen molar-refractivity contribution in [3.63, 3.8) is 0 Å². The van der Waals surface area contributed by atoms with Crippen LogP contribution < -0.4 is 5.32 Å². The Kier molecular flexibility index (Phi) is 6.58. The fourth-order valence-electron chi connectivity index (χ4n) is 4.50. The molecule has 2 aliphatic heterocycles. The number of halogens is 1. The molecule has 3 fully saturated rings. The van der Waals surface area contributed by atoms with Crippen molar-refractivity contribution in [3.05, 3.63) is 0 Å². The molecule has 1 saturated carbocycles. The molecule has 134 valence electrons. The minimum Gasteiger partial charge on any atom is -0.381 e. The second-order valence-corrected chi connectivity index (χ2v) is 7.49. The lowest BCUT2D eigenvalue weighted by Crippen LogP contribution is -2.68. The summed E-state index contributed by atoms with van der Waals surface area (Å²) in [5.74, 6) is 2.34. The van der Waals surface area contributed by atoms with E-state index in [4.69, 9.17) is 9.47 Å². The summed E-state index contributed by atoms with van der Waals surface area (Å²) < 4.78 is 11.5. The van der Waals surface area contributed by atoms with Gasteiger partial charge in [-0.25, -0.2) is 0 Å². The van der Waals surface area contributed by atoms with E-state index in [-0.39, 0.29) is 29.4 Å². The van der Waals surface area contributed by atoms with Gasteiger partial charge in [-0.1, -0.05) is 13.8 Å². The summed E-state index contributed by atoms with van der Waals surface area (Å²) in [5.41, 5.74) is 0.196. The van der Waals surface area contributed by atoms with Gasteiger partial charge in [0.05, 0.1) is 12.7 Å². The summed E-state index contributed by atoms with van der Waals surface area (Å²) >= 11 is 0. The summed E-state index contributed by atoms with van der Waals surface area (Å²) in [5, 5.41) is 3.74. The zero-order valence-corrected chi connectivity index (χ0v) is 17.2. The van der Waals surface area contributed by atoms with Crippen LogP contribution in [-0.2, 0) is 9.47 Å². The van der Waals surface area contributed by atoms with Gasteiger partial charge in [-0.2, -0.15) is 0 Å². The normalized spacial score (nSPS) is 35.5. The summed E-state index contributed by atoms with van der Waals surface area (Å²) in [6, 6.07) is 0.477. The topological polar surface area (TPSA) is 46.1 Å². The van der Waals surface area contributed by atoms with Crippen molar-refractivity contribution in [2.75, 3.05) is 40.0 Å². The first-order valence-electron chi connectivity index (χ1n) is 8.75. The van der Waals surface area contributed by atoms with E-state index >= 15 is 0 Å². The number of ether oxygens (including phenoxy) is 2. The Labute approximate surface area is 157 Å². The zero-order chi connectivity index (χ0) is 15.7. The molecular formula is C17H32IN3O2. The Hall–Kier alpha value is -0.0800. The van der Waals surface area contributed by atoms with Crippen LogP contribution in [0.25, 0.3) is 0 Å². The van der Waals surface area contributed by atoms with Crippen molar-refractivity contribution in [3.8, 4) is 0 Å². The highest BCUT2D eigenvalue weighted by Crippen LogP contribution is 2.52. The Bertz CT molecular complexity index is 430. The molecule has 0 spiro atoms. The number of hydrogen-bond donors (Lipinski definition) is 1. The molecule has 1 N–H and O–H groups in total. The number of likely N-dealkylation sites (tertiary alicyclic amines) is 1. The van der Waals surface area contributed by atoms with Gasteiger partial charge in [0.2, 0.25) is 0 Å². The third-order valence-corrected chi connectivity index (χ3v) is 5.74. The van der Waals surface area contributed by atoms with Gasteiger partial charge in [0.15, 0.2) is 5.96 Å². The van der Waals surface area contributed by atoms with Crippen molar-refractivity contribution >= 4 is 29.9 Å². The van der Waals surface area contributed by atoms with Gasteiger partial charge in [0, 0.05) is 56.6 Å². The smallest absolute Gasteiger partial charge is 0.193 e. The molecule has 5 nitrogen and oxygen atoms in total. The minimum atomic E-state index is 0. The Morgan fingerprint density at radius 2 is 2.17 bits per heavy atom. The number of guanidine groups is 1. The van der Waals surface area contributed by atoms with E-state index in [0.29, 0.717) is 24.0 Å². The van der Waals surface area contributed by atoms with Crippen molar-refractivity contribution in [2.45, 2.75) is 45.8 Å². The fourth-order valence-corrected chi connectivity index (χ4v) is 4.50. The summed E-state index contributed by atoms with van der Waals surface area (Å²) in [6.45, 7) is 11.4. The third kappa shape index (κ3) is 3.63. The largest absolute Gasteiger partial charge is 0.381 e. The van der Waals surface area contributed by atoms with E-state index in [2.05, 4.69) is 36.0 Å². The molecule has 2 heterocycles. The number of hydrogen-bond acceptors (Lipinski definition) is 3. The van der Waals surface area contributed by atoms with E-state index in [1.54, 1.807) is 0 Å². The maximum atomic E-state index is 5.89. The van der Waals surface area contributed by atoms with Gasteiger partial charge in [0.25, 0.3) is 0 Å². The van der Waals surface area contributed by atoms with E-state index in [1.165, 1.54) is 12.8 Å². The molecule has 0 aromatic carbocycles. The maximum Gasteiger partial charge on any atom is 0.193 e. The van der Waals surface area contributed by atoms with Gasteiger partial charge in [-0.3, -0.25) is 4.99 Å². The summed E-state index contributed by atoms with van der Waals surface area (Å²) in [4.78, 5) is 6.93. The quantitative estimate of drug-likeness (QED) is 0.417. The first-order valence-corrected chi connectivity index (χ1v) is 8.75. The fraction of sp³-hybridized carbons (Fsp3) is 0.941. The highest BCUT2D eigenvalue weighted by atomic mass is 127. The van der Waals surface area contributed by atoms with Crippen molar-refractivity contribution in [1.82, 2.24) is 10.2 Å². The van der Waals surface area contributed by atoms with Crippen molar-refractivity contribution < 1.29 is 9.47 Å². The molecule has 0 bridgehead atoms. The van der Waals surface area contributed by atoms with Crippen LogP contribution in [0.2, 0.25) is 0 Å². The third-order valence-electron chi connectivity index (χ3n) is 5.74. The lowest BCUT2D eigenvalue weighted by atomic mass is 9.57. The Balaban J connectivity index is 0.00000192. The van der Waals surface area contributed by atoms with E-state index in [0.717, 1.165) is 38.9 Å².